The molecule has 0 aliphatic carbocycles. The fraction of sp³-hybridized carbons (Fsp3) is 0.375. The summed E-state index contributed by atoms with van der Waals surface area (Å²) in [5.41, 5.74) is 1.91. The molecule has 1 aromatic carbocycles. The Labute approximate surface area is 144 Å². The molecule has 0 saturated carbocycles. The molecule has 0 bridgehead atoms. The second kappa shape index (κ2) is 6.96. The van der Waals surface area contributed by atoms with Crippen LogP contribution in [0, 0.1) is 6.92 Å². The van der Waals surface area contributed by atoms with Crippen LogP contribution in [0.2, 0.25) is 0 Å². The summed E-state index contributed by atoms with van der Waals surface area (Å²) in [6, 6.07) is 7.64. The Balaban J connectivity index is 1.59. The lowest BCUT2D eigenvalue weighted by Crippen LogP contribution is -2.30. The Kier molecular flexibility index (Phi) is 4.75. The van der Waals surface area contributed by atoms with Crippen LogP contribution in [0.5, 0.6) is 0 Å². The number of aromatic nitrogens is 2. The molecule has 1 aromatic heterocycles. The minimum atomic E-state index is -0.129. The standard InChI is InChI=1S/C16H19N5O2S/c1-11-5-7-12(8-6-11)17-13(22)10-20(2)15-18-19-16(24-15)21-9-3-4-14(21)23/h5-8H,3-4,9-10H2,1-2H3,(H,17,22). The lowest BCUT2D eigenvalue weighted by molar-refractivity contribution is -0.117. The van der Waals surface area contributed by atoms with E-state index in [4.69, 9.17) is 0 Å². The lowest BCUT2D eigenvalue weighted by atomic mass is 10.2. The summed E-state index contributed by atoms with van der Waals surface area (Å²) in [7, 11) is 1.78. The van der Waals surface area contributed by atoms with Crippen molar-refractivity contribution in [2.75, 3.05) is 35.3 Å². The van der Waals surface area contributed by atoms with Crippen molar-refractivity contribution < 1.29 is 9.59 Å². The number of amides is 2. The minimum absolute atomic E-state index is 0.0810. The van der Waals surface area contributed by atoms with Gasteiger partial charge < -0.3 is 10.2 Å². The molecule has 8 heteroatoms. The molecule has 0 spiro atoms. The molecule has 1 fully saturated rings. The van der Waals surface area contributed by atoms with Crippen LogP contribution in [0.4, 0.5) is 16.0 Å². The van der Waals surface area contributed by atoms with Crippen LogP contribution in [0.25, 0.3) is 0 Å². The van der Waals surface area contributed by atoms with Gasteiger partial charge in [0.25, 0.3) is 0 Å². The fourth-order valence-corrected chi connectivity index (χ4v) is 3.29. The summed E-state index contributed by atoms with van der Waals surface area (Å²) in [5, 5.41) is 12.2. The predicted molar refractivity (Wildman–Crippen MR) is 94.6 cm³/mol. The molecule has 0 radical (unpaired) electrons. The third kappa shape index (κ3) is 3.70. The summed E-state index contributed by atoms with van der Waals surface area (Å²) >= 11 is 1.32. The Hall–Kier alpha value is -2.48. The van der Waals surface area contributed by atoms with Gasteiger partial charge in [-0.1, -0.05) is 29.0 Å². The van der Waals surface area contributed by atoms with E-state index >= 15 is 0 Å². The van der Waals surface area contributed by atoms with Crippen LogP contribution in [-0.4, -0.2) is 42.1 Å². The van der Waals surface area contributed by atoms with Gasteiger partial charge in [0.05, 0.1) is 6.54 Å². The highest BCUT2D eigenvalue weighted by Gasteiger charge is 2.25. The number of benzene rings is 1. The van der Waals surface area contributed by atoms with Gasteiger partial charge >= 0.3 is 0 Å². The summed E-state index contributed by atoms with van der Waals surface area (Å²) in [6.45, 7) is 2.85. The van der Waals surface area contributed by atoms with Gasteiger partial charge in [0.2, 0.25) is 22.1 Å². The van der Waals surface area contributed by atoms with Crippen LogP contribution in [0.1, 0.15) is 18.4 Å². The van der Waals surface area contributed by atoms with E-state index in [1.807, 2.05) is 31.2 Å². The highest BCUT2D eigenvalue weighted by Crippen LogP contribution is 2.29. The zero-order valence-corrected chi connectivity index (χ0v) is 14.5. The van der Waals surface area contributed by atoms with Crippen LogP contribution >= 0.6 is 11.3 Å². The smallest absolute Gasteiger partial charge is 0.243 e. The topological polar surface area (TPSA) is 78.4 Å². The van der Waals surface area contributed by atoms with Crippen molar-refractivity contribution in [2.45, 2.75) is 19.8 Å². The number of nitrogens with zero attached hydrogens (tertiary/aromatic N) is 4. The van der Waals surface area contributed by atoms with Crippen molar-refractivity contribution in [1.29, 1.82) is 0 Å². The molecule has 1 aliphatic rings. The van der Waals surface area contributed by atoms with E-state index in [0.29, 0.717) is 23.2 Å². The van der Waals surface area contributed by atoms with Crippen molar-refractivity contribution in [2.24, 2.45) is 0 Å². The number of carbonyl (C=O) groups excluding carboxylic acids is 2. The maximum absolute atomic E-state index is 12.1. The molecule has 7 nitrogen and oxygen atoms in total. The zero-order chi connectivity index (χ0) is 17.1. The first kappa shape index (κ1) is 16.4. The van der Waals surface area contributed by atoms with Crippen LogP contribution in [0.3, 0.4) is 0 Å². The molecule has 24 heavy (non-hydrogen) atoms. The van der Waals surface area contributed by atoms with Crippen LogP contribution in [-0.2, 0) is 9.59 Å². The number of hydrogen-bond donors (Lipinski definition) is 1. The maximum atomic E-state index is 12.1. The highest BCUT2D eigenvalue weighted by atomic mass is 32.1. The van der Waals surface area contributed by atoms with Crippen molar-refractivity contribution in [3.8, 4) is 0 Å². The molecule has 0 atom stereocenters. The molecule has 2 amide bonds. The Morgan fingerprint density at radius 3 is 2.75 bits per heavy atom. The van der Waals surface area contributed by atoms with Gasteiger partial charge in [0.15, 0.2) is 0 Å². The summed E-state index contributed by atoms with van der Waals surface area (Å²) in [4.78, 5) is 27.3. The van der Waals surface area contributed by atoms with Gasteiger partial charge in [0, 0.05) is 25.7 Å². The number of hydrogen-bond acceptors (Lipinski definition) is 6. The molecular weight excluding hydrogens is 326 g/mol. The predicted octanol–water partition coefficient (Wildman–Crippen LogP) is 2.05. The van der Waals surface area contributed by atoms with E-state index in [-0.39, 0.29) is 18.4 Å². The SMILES string of the molecule is Cc1ccc(NC(=O)CN(C)c2nnc(N3CCCC3=O)s2)cc1. The second-order valence-electron chi connectivity index (χ2n) is 5.79. The number of carbonyl (C=O) groups is 2. The molecule has 1 saturated heterocycles. The molecular formula is C16H19N5O2S. The van der Waals surface area contributed by atoms with Gasteiger partial charge in [-0.15, -0.1) is 10.2 Å². The lowest BCUT2D eigenvalue weighted by Gasteiger charge is -2.15. The number of rotatable bonds is 5. The average Bonchev–Trinajstić information content (AvgIpc) is 3.18. The van der Waals surface area contributed by atoms with Crippen LogP contribution in [0.15, 0.2) is 24.3 Å². The monoisotopic (exact) mass is 345 g/mol. The van der Waals surface area contributed by atoms with Crippen molar-refractivity contribution in [1.82, 2.24) is 10.2 Å². The number of nitrogens with one attached hydrogen (secondary N) is 1. The van der Waals surface area contributed by atoms with Gasteiger partial charge in [-0.25, -0.2) is 0 Å². The van der Waals surface area contributed by atoms with Crippen LogP contribution < -0.4 is 15.1 Å². The number of aryl methyl sites for hydroxylation is 1. The van der Waals surface area contributed by atoms with E-state index in [9.17, 15) is 9.59 Å². The Morgan fingerprint density at radius 1 is 1.33 bits per heavy atom. The van der Waals surface area contributed by atoms with Crippen molar-refractivity contribution in [3.05, 3.63) is 29.8 Å². The Morgan fingerprint density at radius 2 is 2.08 bits per heavy atom. The van der Waals surface area contributed by atoms with E-state index in [1.165, 1.54) is 11.3 Å². The first-order chi connectivity index (χ1) is 11.5. The van der Waals surface area contributed by atoms with E-state index in [2.05, 4.69) is 15.5 Å². The number of anilines is 3. The van der Waals surface area contributed by atoms with Gasteiger partial charge in [-0.2, -0.15) is 0 Å². The quantitative estimate of drug-likeness (QED) is 0.897. The molecule has 2 aromatic rings. The third-order valence-electron chi connectivity index (χ3n) is 3.75. The molecule has 1 aliphatic heterocycles. The highest BCUT2D eigenvalue weighted by molar-refractivity contribution is 7.19. The van der Waals surface area contributed by atoms with Crippen molar-refractivity contribution >= 4 is 39.1 Å². The summed E-state index contributed by atoms with van der Waals surface area (Å²) < 4.78 is 0. The first-order valence-corrected chi connectivity index (χ1v) is 8.56. The van der Waals surface area contributed by atoms with E-state index in [1.54, 1.807) is 16.8 Å². The van der Waals surface area contributed by atoms with Gasteiger partial charge in [-0.3, -0.25) is 14.5 Å². The van der Waals surface area contributed by atoms with Gasteiger partial charge in [-0.05, 0) is 25.5 Å². The largest absolute Gasteiger partial charge is 0.340 e. The third-order valence-corrected chi connectivity index (χ3v) is 4.81. The zero-order valence-electron chi connectivity index (χ0n) is 13.7. The molecule has 1 N–H and O–H groups in total. The Bertz CT molecular complexity index is 743. The molecule has 3 rings (SSSR count). The summed E-state index contributed by atoms with van der Waals surface area (Å²) in [5.74, 6) is -0.0483. The van der Waals surface area contributed by atoms with E-state index in [0.717, 1.165) is 17.7 Å². The fourth-order valence-electron chi connectivity index (χ4n) is 2.44. The first-order valence-electron chi connectivity index (χ1n) is 7.74. The van der Waals surface area contributed by atoms with Crippen molar-refractivity contribution in [3.63, 3.8) is 0 Å². The van der Waals surface area contributed by atoms with E-state index < -0.39 is 0 Å². The second-order valence-corrected chi connectivity index (χ2v) is 6.72. The average molecular weight is 345 g/mol. The summed E-state index contributed by atoms with van der Waals surface area (Å²) in [6.07, 6.45) is 1.41. The van der Waals surface area contributed by atoms with Gasteiger partial charge in [0.1, 0.15) is 0 Å². The number of likely N-dealkylation sites (N-methyl/N-ethyl adjacent to an activating group) is 1. The minimum Gasteiger partial charge on any atom is -0.340 e. The molecule has 0 unspecified atom stereocenters. The molecule has 126 valence electrons. The normalized spacial score (nSPS) is 14.1. The maximum Gasteiger partial charge on any atom is 0.243 e. The molecule has 2 heterocycles.